The molecule has 1 aliphatic carbocycles. The van der Waals surface area contributed by atoms with Crippen LogP contribution in [0, 0.1) is 6.92 Å². The van der Waals surface area contributed by atoms with Gasteiger partial charge in [-0.2, -0.15) is 0 Å². The van der Waals surface area contributed by atoms with Crippen molar-refractivity contribution in [3.63, 3.8) is 0 Å². The van der Waals surface area contributed by atoms with E-state index in [4.69, 9.17) is 0 Å². The first-order valence-corrected chi connectivity index (χ1v) is 6.75. The maximum Gasteiger partial charge on any atom is 0.253 e. The number of aryl methyl sites for hydroxylation is 1. The quantitative estimate of drug-likeness (QED) is 0.869. The molecule has 0 saturated heterocycles. The standard InChI is InChI=1S/C16H18N2O/c1-11-13(9-10-17-11)16(19)18-15-8-7-14(15)12-5-3-2-4-6-12/h2-6,9-10,14-15,17H,7-8H2,1H3,(H,18,19)/t14-,15-/m0/s1. The van der Waals surface area contributed by atoms with Crippen LogP contribution in [0.5, 0.6) is 0 Å². The first-order valence-electron chi connectivity index (χ1n) is 6.75. The summed E-state index contributed by atoms with van der Waals surface area (Å²) in [5, 5.41) is 3.15. The van der Waals surface area contributed by atoms with Crippen LogP contribution in [0.1, 0.15) is 40.4 Å². The first kappa shape index (κ1) is 12.0. The number of H-pyrrole nitrogens is 1. The topological polar surface area (TPSA) is 44.9 Å². The molecule has 0 bridgehead atoms. The van der Waals surface area contributed by atoms with Crippen LogP contribution >= 0.6 is 0 Å². The molecule has 19 heavy (non-hydrogen) atoms. The third-order valence-electron chi connectivity index (χ3n) is 4.02. The number of aromatic amines is 1. The minimum absolute atomic E-state index is 0.0318. The van der Waals surface area contributed by atoms with Crippen LogP contribution in [0.2, 0.25) is 0 Å². The van der Waals surface area contributed by atoms with E-state index in [9.17, 15) is 4.79 Å². The van der Waals surface area contributed by atoms with Gasteiger partial charge in [-0.3, -0.25) is 4.79 Å². The molecular weight excluding hydrogens is 236 g/mol. The summed E-state index contributed by atoms with van der Waals surface area (Å²) >= 11 is 0. The zero-order valence-electron chi connectivity index (χ0n) is 11.0. The number of hydrogen-bond donors (Lipinski definition) is 2. The Balaban J connectivity index is 1.68. The average molecular weight is 254 g/mol. The summed E-state index contributed by atoms with van der Waals surface area (Å²) in [4.78, 5) is 15.2. The second-order valence-corrected chi connectivity index (χ2v) is 5.19. The molecule has 1 aliphatic rings. The normalized spacial score (nSPS) is 21.7. The molecule has 2 atom stereocenters. The Morgan fingerprint density at radius 1 is 1.21 bits per heavy atom. The van der Waals surface area contributed by atoms with E-state index in [1.54, 1.807) is 6.20 Å². The lowest BCUT2D eigenvalue weighted by Gasteiger charge is -2.37. The maximum absolute atomic E-state index is 12.2. The number of rotatable bonds is 3. The molecule has 1 aromatic carbocycles. The Hall–Kier alpha value is -2.03. The van der Waals surface area contributed by atoms with Crippen LogP contribution in [0.25, 0.3) is 0 Å². The van der Waals surface area contributed by atoms with E-state index >= 15 is 0 Å². The molecule has 3 rings (SSSR count). The van der Waals surface area contributed by atoms with E-state index in [2.05, 4.69) is 34.6 Å². The van der Waals surface area contributed by atoms with Gasteiger partial charge < -0.3 is 10.3 Å². The predicted molar refractivity (Wildman–Crippen MR) is 75.2 cm³/mol. The fourth-order valence-electron chi connectivity index (χ4n) is 2.72. The lowest BCUT2D eigenvalue weighted by molar-refractivity contribution is 0.0904. The van der Waals surface area contributed by atoms with E-state index in [0.717, 1.165) is 24.1 Å². The molecule has 3 heteroatoms. The number of benzene rings is 1. The van der Waals surface area contributed by atoms with Gasteiger partial charge in [-0.15, -0.1) is 0 Å². The monoisotopic (exact) mass is 254 g/mol. The maximum atomic E-state index is 12.2. The molecular formula is C16H18N2O. The summed E-state index contributed by atoms with van der Waals surface area (Å²) in [5.41, 5.74) is 3.00. The summed E-state index contributed by atoms with van der Waals surface area (Å²) in [6, 6.07) is 12.5. The number of aromatic nitrogens is 1. The lowest BCUT2D eigenvalue weighted by Crippen LogP contribution is -2.45. The van der Waals surface area contributed by atoms with Gasteiger partial charge in [0, 0.05) is 23.9 Å². The van der Waals surface area contributed by atoms with Crippen LogP contribution in [-0.2, 0) is 0 Å². The van der Waals surface area contributed by atoms with Crippen LogP contribution in [-0.4, -0.2) is 16.9 Å². The SMILES string of the molecule is Cc1[nH]ccc1C(=O)N[C@H]1CC[C@H]1c1ccccc1. The van der Waals surface area contributed by atoms with Gasteiger partial charge in [-0.05, 0) is 31.4 Å². The van der Waals surface area contributed by atoms with Gasteiger partial charge in [-0.1, -0.05) is 30.3 Å². The van der Waals surface area contributed by atoms with Crippen molar-refractivity contribution in [2.24, 2.45) is 0 Å². The molecule has 1 saturated carbocycles. The van der Waals surface area contributed by atoms with Crippen LogP contribution in [0.15, 0.2) is 42.6 Å². The molecule has 0 spiro atoms. The first-order chi connectivity index (χ1) is 9.25. The molecule has 3 nitrogen and oxygen atoms in total. The van der Waals surface area contributed by atoms with Crippen molar-refractivity contribution in [2.75, 3.05) is 0 Å². The van der Waals surface area contributed by atoms with Crippen molar-refractivity contribution in [2.45, 2.75) is 31.7 Å². The molecule has 0 aliphatic heterocycles. The molecule has 1 fully saturated rings. The highest BCUT2D eigenvalue weighted by molar-refractivity contribution is 5.95. The minimum Gasteiger partial charge on any atom is -0.365 e. The molecule has 1 heterocycles. The molecule has 1 aromatic heterocycles. The van der Waals surface area contributed by atoms with E-state index in [-0.39, 0.29) is 11.9 Å². The number of hydrogen-bond acceptors (Lipinski definition) is 1. The van der Waals surface area contributed by atoms with E-state index in [1.807, 2.05) is 19.1 Å². The number of nitrogens with one attached hydrogen (secondary N) is 2. The van der Waals surface area contributed by atoms with E-state index in [1.165, 1.54) is 5.56 Å². The van der Waals surface area contributed by atoms with Crippen LogP contribution in [0.3, 0.4) is 0 Å². The van der Waals surface area contributed by atoms with E-state index < -0.39 is 0 Å². The highest BCUT2D eigenvalue weighted by Gasteiger charge is 2.33. The Labute approximate surface area is 113 Å². The lowest BCUT2D eigenvalue weighted by atomic mass is 9.75. The molecule has 0 radical (unpaired) electrons. The van der Waals surface area contributed by atoms with Crippen molar-refractivity contribution in [3.8, 4) is 0 Å². The molecule has 2 N–H and O–H groups in total. The Morgan fingerprint density at radius 3 is 2.58 bits per heavy atom. The third-order valence-corrected chi connectivity index (χ3v) is 4.02. The number of carbonyl (C=O) groups is 1. The van der Waals surface area contributed by atoms with Crippen molar-refractivity contribution in [1.29, 1.82) is 0 Å². The van der Waals surface area contributed by atoms with Crippen molar-refractivity contribution >= 4 is 5.91 Å². The summed E-state index contributed by atoms with van der Waals surface area (Å²) in [5.74, 6) is 0.494. The number of carbonyl (C=O) groups excluding carboxylic acids is 1. The van der Waals surface area contributed by atoms with Crippen LogP contribution in [0.4, 0.5) is 0 Å². The Morgan fingerprint density at radius 2 is 2.00 bits per heavy atom. The van der Waals surface area contributed by atoms with Gasteiger partial charge in [0.05, 0.1) is 5.56 Å². The minimum atomic E-state index is 0.0318. The predicted octanol–water partition coefficient (Wildman–Crippen LogP) is 3.00. The Kier molecular flexibility index (Phi) is 3.11. The second-order valence-electron chi connectivity index (χ2n) is 5.19. The van der Waals surface area contributed by atoms with Gasteiger partial charge in [0.15, 0.2) is 0 Å². The molecule has 1 amide bonds. The summed E-state index contributed by atoms with van der Waals surface area (Å²) in [7, 11) is 0. The van der Waals surface area contributed by atoms with Crippen molar-refractivity contribution < 1.29 is 4.79 Å². The van der Waals surface area contributed by atoms with E-state index in [0.29, 0.717) is 5.92 Å². The molecule has 2 aromatic rings. The van der Waals surface area contributed by atoms with Gasteiger partial charge >= 0.3 is 0 Å². The third kappa shape index (κ3) is 2.28. The zero-order chi connectivity index (χ0) is 13.2. The van der Waals surface area contributed by atoms with Gasteiger partial charge in [0.25, 0.3) is 5.91 Å². The fourth-order valence-corrected chi connectivity index (χ4v) is 2.72. The largest absolute Gasteiger partial charge is 0.365 e. The average Bonchev–Trinajstić information content (AvgIpc) is 2.82. The summed E-state index contributed by atoms with van der Waals surface area (Å²) in [6.07, 6.45) is 4.02. The zero-order valence-corrected chi connectivity index (χ0v) is 11.0. The second kappa shape index (κ2) is 4.92. The van der Waals surface area contributed by atoms with Crippen LogP contribution < -0.4 is 5.32 Å². The van der Waals surface area contributed by atoms with Gasteiger partial charge in [0.2, 0.25) is 0 Å². The molecule has 0 unspecified atom stereocenters. The number of amides is 1. The summed E-state index contributed by atoms with van der Waals surface area (Å²) < 4.78 is 0. The van der Waals surface area contributed by atoms with Gasteiger partial charge in [0.1, 0.15) is 0 Å². The van der Waals surface area contributed by atoms with Gasteiger partial charge in [-0.25, -0.2) is 0 Å². The van der Waals surface area contributed by atoms with Crippen molar-refractivity contribution in [3.05, 3.63) is 59.4 Å². The highest BCUT2D eigenvalue weighted by atomic mass is 16.1. The summed E-state index contributed by atoms with van der Waals surface area (Å²) in [6.45, 7) is 1.92. The van der Waals surface area contributed by atoms with Crippen molar-refractivity contribution in [1.82, 2.24) is 10.3 Å². The molecule has 98 valence electrons. The smallest absolute Gasteiger partial charge is 0.253 e. The highest BCUT2D eigenvalue weighted by Crippen LogP contribution is 2.36. The Bertz CT molecular complexity index is 573. The fraction of sp³-hybridized carbons (Fsp3) is 0.312.